The Morgan fingerprint density at radius 2 is 2.08 bits per heavy atom. The Morgan fingerprint density at radius 1 is 1.25 bits per heavy atom. The van der Waals surface area contributed by atoms with Crippen LogP contribution in [0.15, 0.2) is 4.99 Å². The summed E-state index contributed by atoms with van der Waals surface area (Å²) in [4.78, 5) is 4.37. The van der Waals surface area contributed by atoms with Crippen LogP contribution in [-0.4, -0.2) is 20.5 Å². The second kappa shape index (κ2) is 2.69. The number of fused-ring (bicyclic) bond motifs is 1. The standard InChI is InChI=1S/C8H12N4/c1-6-3-4-12-7(2)10-11-8(12)5-9-6/h3-5H2,1-2H3. The van der Waals surface area contributed by atoms with Crippen LogP contribution < -0.4 is 0 Å². The quantitative estimate of drug-likeness (QED) is 0.573. The third-order valence-electron chi connectivity index (χ3n) is 2.20. The first-order valence-corrected chi connectivity index (χ1v) is 4.16. The molecule has 12 heavy (non-hydrogen) atoms. The Kier molecular flexibility index (Phi) is 1.67. The molecule has 2 heterocycles. The van der Waals surface area contributed by atoms with Crippen LogP contribution in [0.3, 0.4) is 0 Å². The molecule has 0 radical (unpaired) electrons. The summed E-state index contributed by atoms with van der Waals surface area (Å²) >= 11 is 0. The van der Waals surface area contributed by atoms with E-state index in [4.69, 9.17) is 0 Å². The fourth-order valence-corrected chi connectivity index (χ4v) is 1.39. The van der Waals surface area contributed by atoms with Crippen molar-refractivity contribution in [1.82, 2.24) is 14.8 Å². The minimum atomic E-state index is 0.687. The van der Waals surface area contributed by atoms with E-state index in [1.165, 1.54) is 5.71 Å². The first-order chi connectivity index (χ1) is 5.77. The van der Waals surface area contributed by atoms with Crippen molar-refractivity contribution in [2.45, 2.75) is 33.4 Å². The molecule has 0 amide bonds. The maximum absolute atomic E-state index is 4.37. The average molecular weight is 164 g/mol. The summed E-state index contributed by atoms with van der Waals surface area (Å²) < 4.78 is 2.14. The summed E-state index contributed by atoms with van der Waals surface area (Å²) in [6.45, 7) is 5.71. The number of hydrogen-bond donors (Lipinski definition) is 0. The molecule has 0 bridgehead atoms. The van der Waals surface area contributed by atoms with Crippen LogP contribution in [0.25, 0.3) is 0 Å². The zero-order chi connectivity index (χ0) is 8.55. The van der Waals surface area contributed by atoms with Gasteiger partial charge in [0.05, 0.1) is 6.54 Å². The SMILES string of the molecule is CC1=NCc2nnc(C)n2CC1. The number of hydrogen-bond acceptors (Lipinski definition) is 3. The smallest absolute Gasteiger partial charge is 0.154 e. The molecule has 0 spiro atoms. The zero-order valence-electron chi connectivity index (χ0n) is 7.41. The highest BCUT2D eigenvalue weighted by molar-refractivity contribution is 5.81. The van der Waals surface area contributed by atoms with E-state index in [1.807, 2.05) is 6.92 Å². The Labute approximate surface area is 71.3 Å². The summed E-state index contributed by atoms with van der Waals surface area (Å²) in [6, 6.07) is 0. The van der Waals surface area contributed by atoms with Crippen LogP contribution in [0.4, 0.5) is 0 Å². The van der Waals surface area contributed by atoms with Crippen molar-refractivity contribution in [3.8, 4) is 0 Å². The summed E-state index contributed by atoms with van der Waals surface area (Å²) in [5.41, 5.74) is 1.21. The molecular weight excluding hydrogens is 152 g/mol. The second-order valence-corrected chi connectivity index (χ2v) is 3.12. The molecule has 4 nitrogen and oxygen atoms in total. The number of aryl methyl sites for hydroxylation is 1. The lowest BCUT2D eigenvalue weighted by Gasteiger charge is -2.01. The Morgan fingerprint density at radius 3 is 2.92 bits per heavy atom. The first-order valence-electron chi connectivity index (χ1n) is 4.16. The van der Waals surface area contributed by atoms with Crippen molar-refractivity contribution in [2.24, 2.45) is 4.99 Å². The molecule has 1 aliphatic rings. The van der Waals surface area contributed by atoms with Crippen LogP contribution in [0, 0.1) is 6.92 Å². The molecule has 1 aromatic rings. The Hall–Kier alpha value is -1.19. The minimum absolute atomic E-state index is 0.687. The van der Waals surface area contributed by atoms with Gasteiger partial charge in [-0.25, -0.2) is 0 Å². The Bertz CT molecular complexity index is 324. The van der Waals surface area contributed by atoms with Gasteiger partial charge >= 0.3 is 0 Å². The van der Waals surface area contributed by atoms with Crippen molar-refractivity contribution in [2.75, 3.05) is 0 Å². The molecule has 4 heteroatoms. The molecule has 0 saturated heterocycles. The van der Waals surface area contributed by atoms with Gasteiger partial charge in [-0.2, -0.15) is 0 Å². The van der Waals surface area contributed by atoms with Crippen LogP contribution >= 0.6 is 0 Å². The molecule has 2 rings (SSSR count). The average Bonchev–Trinajstić information content (AvgIpc) is 2.28. The molecule has 0 N–H and O–H groups in total. The van der Waals surface area contributed by atoms with Crippen molar-refractivity contribution < 1.29 is 0 Å². The molecule has 0 aliphatic carbocycles. The predicted molar refractivity (Wildman–Crippen MR) is 46.2 cm³/mol. The largest absolute Gasteiger partial charge is 0.313 e. The summed E-state index contributed by atoms with van der Waals surface area (Å²) in [7, 11) is 0. The molecule has 1 aliphatic heterocycles. The van der Waals surface area contributed by atoms with Crippen LogP contribution in [-0.2, 0) is 13.1 Å². The lowest BCUT2D eigenvalue weighted by Crippen LogP contribution is -2.04. The van der Waals surface area contributed by atoms with Gasteiger partial charge in [0.25, 0.3) is 0 Å². The van der Waals surface area contributed by atoms with E-state index in [0.29, 0.717) is 6.54 Å². The van der Waals surface area contributed by atoms with Gasteiger partial charge in [-0.3, -0.25) is 4.99 Å². The highest BCUT2D eigenvalue weighted by Crippen LogP contribution is 2.08. The third kappa shape index (κ3) is 1.13. The van der Waals surface area contributed by atoms with E-state index in [-0.39, 0.29) is 0 Å². The van der Waals surface area contributed by atoms with Crippen molar-refractivity contribution in [3.05, 3.63) is 11.6 Å². The highest BCUT2D eigenvalue weighted by atomic mass is 15.3. The van der Waals surface area contributed by atoms with Crippen LogP contribution in [0.2, 0.25) is 0 Å². The van der Waals surface area contributed by atoms with Gasteiger partial charge in [0.2, 0.25) is 0 Å². The molecule has 0 fully saturated rings. The lowest BCUT2D eigenvalue weighted by atomic mass is 10.3. The van der Waals surface area contributed by atoms with E-state index in [1.54, 1.807) is 0 Å². The number of aromatic nitrogens is 3. The molecule has 0 aromatic carbocycles. The van der Waals surface area contributed by atoms with Crippen molar-refractivity contribution in [1.29, 1.82) is 0 Å². The van der Waals surface area contributed by atoms with E-state index in [2.05, 4.69) is 26.7 Å². The van der Waals surface area contributed by atoms with E-state index < -0.39 is 0 Å². The number of aliphatic imine (C=N–C) groups is 1. The number of rotatable bonds is 0. The predicted octanol–water partition coefficient (Wildman–Crippen LogP) is 0.951. The summed E-state index contributed by atoms with van der Waals surface area (Å²) in [5.74, 6) is 1.99. The molecular formula is C8H12N4. The van der Waals surface area contributed by atoms with Crippen LogP contribution in [0.1, 0.15) is 25.0 Å². The molecule has 0 saturated carbocycles. The van der Waals surface area contributed by atoms with E-state index in [9.17, 15) is 0 Å². The maximum atomic E-state index is 4.37. The zero-order valence-corrected chi connectivity index (χ0v) is 7.41. The first kappa shape index (κ1) is 7.46. The maximum Gasteiger partial charge on any atom is 0.154 e. The normalized spacial score (nSPS) is 16.7. The van der Waals surface area contributed by atoms with Gasteiger partial charge in [-0.05, 0) is 13.8 Å². The third-order valence-corrected chi connectivity index (χ3v) is 2.20. The van der Waals surface area contributed by atoms with Crippen molar-refractivity contribution in [3.63, 3.8) is 0 Å². The summed E-state index contributed by atoms with van der Waals surface area (Å²) in [5, 5.41) is 8.07. The van der Waals surface area contributed by atoms with Gasteiger partial charge < -0.3 is 4.57 Å². The molecule has 0 atom stereocenters. The molecule has 0 unspecified atom stereocenters. The number of nitrogens with zero attached hydrogens (tertiary/aromatic N) is 4. The van der Waals surface area contributed by atoms with Crippen molar-refractivity contribution >= 4 is 5.71 Å². The topological polar surface area (TPSA) is 43.1 Å². The van der Waals surface area contributed by atoms with E-state index in [0.717, 1.165) is 24.6 Å². The van der Waals surface area contributed by atoms with Crippen LogP contribution in [0.5, 0.6) is 0 Å². The van der Waals surface area contributed by atoms with Gasteiger partial charge in [0.1, 0.15) is 5.82 Å². The highest BCUT2D eigenvalue weighted by Gasteiger charge is 2.10. The monoisotopic (exact) mass is 164 g/mol. The Balaban J connectivity index is 2.37. The fourth-order valence-electron chi connectivity index (χ4n) is 1.39. The molecule has 1 aromatic heterocycles. The fraction of sp³-hybridized carbons (Fsp3) is 0.625. The van der Waals surface area contributed by atoms with Gasteiger partial charge in [-0.15, -0.1) is 10.2 Å². The van der Waals surface area contributed by atoms with Gasteiger partial charge in [-0.1, -0.05) is 0 Å². The van der Waals surface area contributed by atoms with Gasteiger partial charge in [0.15, 0.2) is 5.82 Å². The lowest BCUT2D eigenvalue weighted by molar-refractivity contribution is 0.672. The molecule has 64 valence electrons. The second-order valence-electron chi connectivity index (χ2n) is 3.12. The summed E-state index contributed by atoms with van der Waals surface area (Å²) in [6.07, 6.45) is 1.02. The minimum Gasteiger partial charge on any atom is -0.313 e. The van der Waals surface area contributed by atoms with E-state index >= 15 is 0 Å². The van der Waals surface area contributed by atoms with Gasteiger partial charge in [0, 0.05) is 18.7 Å².